The van der Waals surface area contributed by atoms with E-state index in [0.29, 0.717) is 13.0 Å². The van der Waals surface area contributed by atoms with Crippen LogP contribution in [0.2, 0.25) is 0 Å². The van der Waals surface area contributed by atoms with Gasteiger partial charge in [-0.3, -0.25) is 5.43 Å². The van der Waals surface area contributed by atoms with E-state index >= 15 is 0 Å². The van der Waals surface area contributed by atoms with Crippen molar-refractivity contribution in [3.63, 3.8) is 0 Å². The molecule has 76 valence electrons. The second-order valence-corrected chi connectivity index (χ2v) is 2.42. The first kappa shape index (κ1) is 10.4. The minimum absolute atomic E-state index is 0.111. The summed E-state index contributed by atoms with van der Waals surface area (Å²) >= 11 is 0. The maximum absolute atomic E-state index is 13.0. The lowest BCUT2D eigenvalue weighted by Gasteiger charge is -2.05. The summed E-state index contributed by atoms with van der Waals surface area (Å²) in [5, 5.41) is 0. The Balaban J connectivity index is 2.68. The smallest absolute Gasteiger partial charge is 0.255 e. The van der Waals surface area contributed by atoms with Crippen molar-refractivity contribution in [2.24, 2.45) is 5.84 Å². The molecule has 1 aromatic heterocycles. The minimum atomic E-state index is -0.618. The molecule has 0 atom stereocenters. The quantitative estimate of drug-likeness (QED) is 0.317. The summed E-state index contributed by atoms with van der Waals surface area (Å²) in [6.45, 7) is 3.83. The van der Waals surface area contributed by atoms with E-state index in [2.05, 4.69) is 22.0 Å². The highest BCUT2D eigenvalue weighted by molar-refractivity contribution is 5.26. The maximum atomic E-state index is 13.0. The Bertz CT molecular complexity index is 318. The van der Waals surface area contributed by atoms with Crippen molar-refractivity contribution in [3.8, 4) is 5.88 Å². The Kier molecular flexibility index (Phi) is 3.81. The van der Waals surface area contributed by atoms with Crippen LogP contribution < -0.4 is 16.0 Å². The third kappa shape index (κ3) is 2.67. The van der Waals surface area contributed by atoms with Crippen molar-refractivity contribution in [1.82, 2.24) is 9.97 Å². The van der Waals surface area contributed by atoms with Crippen LogP contribution in [0.1, 0.15) is 6.42 Å². The highest BCUT2D eigenvalue weighted by atomic mass is 19.1. The lowest BCUT2D eigenvalue weighted by atomic mass is 10.4. The van der Waals surface area contributed by atoms with Gasteiger partial charge in [0.25, 0.3) is 5.88 Å². The van der Waals surface area contributed by atoms with Gasteiger partial charge in [0.05, 0.1) is 12.8 Å². The Morgan fingerprint density at radius 3 is 3.14 bits per heavy atom. The molecule has 0 fully saturated rings. The molecule has 1 heterocycles. The van der Waals surface area contributed by atoms with Gasteiger partial charge in [0.15, 0.2) is 0 Å². The molecule has 0 aliphatic carbocycles. The van der Waals surface area contributed by atoms with Gasteiger partial charge in [0.1, 0.15) is 0 Å². The number of aromatic nitrogens is 2. The molecule has 0 unspecified atom stereocenters. The molecule has 0 spiro atoms. The summed E-state index contributed by atoms with van der Waals surface area (Å²) in [5.74, 6) is 4.43. The van der Waals surface area contributed by atoms with Gasteiger partial charge >= 0.3 is 0 Å². The van der Waals surface area contributed by atoms with E-state index in [-0.39, 0.29) is 11.8 Å². The van der Waals surface area contributed by atoms with Crippen LogP contribution in [0.3, 0.4) is 0 Å². The number of hydrazine groups is 1. The van der Waals surface area contributed by atoms with Crippen molar-refractivity contribution in [2.75, 3.05) is 12.0 Å². The number of hydrogen-bond acceptors (Lipinski definition) is 5. The number of nitrogens with two attached hydrogens (primary N) is 1. The van der Waals surface area contributed by atoms with Gasteiger partial charge in [-0.25, -0.2) is 10.8 Å². The first-order valence-corrected chi connectivity index (χ1v) is 4.00. The predicted molar refractivity (Wildman–Crippen MR) is 50.1 cm³/mol. The van der Waals surface area contributed by atoms with Gasteiger partial charge < -0.3 is 4.74 Å². The molecule has 1 aromatic rings. The lowest BCUT2D eigenvalue weighted by molar-refractivity contribution is 0.294. The predicted octanol–water partition coefficient (Wildman–Crippen LogP) is 0.856. The fourth-order valence-corrected chi connectivity index (χ4v) is 0.761. The first-order chi connectivity index (χ1) is 6.77. The molecule has 14 heavy (non-hydrogen) atoms. The lowest BCUT2D eigenvalue weighted by Crippen LogP contribution is -2.12. The molecule has 0 saturated heterocycles. The fourth-order valence-electron chi connectivity index (χ4n) is 0.761. The van der Waals surface area contributed by atoms with Crippen molar-refractivity contribution >= 4 is 5.95 Å². The standard InChI is InChI=1S/C8H11FN4O/c1-2-3-4-14-7-6(9)5-11-8(12-7)13-10/h2,5H,1,3-4,10H2,(H,11,12,13). The molecule has 0 bridgehead atoms. The summed E-state index contributed by atoms with van der Waals surface area (Å²) in [4.78, 5) is 7.25. The number of nitrogens with one attached hydrogen (secondary N) is 1. The number of nitrogens with zero attached hydrogens (tertiary/aromatic N) is 2. The summed E-state index contributed by atoms with van der Waals surface area (Å²) in [6.07, 6.45) is 3.28. The maximum Gasteiger partial charge on any atom is 0.255 e. The Morgan fingerprint density at radius 2 is 2.50 bits per heavy atom. The second-order valence-electron chi connectivity index (χ2n) is 2.42. The number of halogens is 1. The fraction of sp³-hybridized carbons (Fsp3) is 0.250. The topological polar surface area (TPSA) is 73.1 Å². The summed E-state index contributed by atoms with van der Waals surface area (Å²) in [5.41, 5.74) is 2.20. The van der Waals surface area contributed by atoms with Gasteiger partial charge in [-0.15, -0.1) is 6.58 Å². The number of ether oxygens (including phenoxy) is 1. The van der Waals surface area contributed by atoms with Crippen molar-refractivity contribution < 1.29 is 9.13 Å². The number of rotatable bonds is 5. The van der Waals surface area contributed by atoms with Crippen LogP contribution in [-0.4, -0.2) is 16.6 Å². The molecule has 0 radical (unpaired) electrons. The van der Waals surface area contributed by atoms with Crippen LogP contribution in [-0.2, 0) is 0 Å². The Morgan fingerprint density at radius 1 is 1.71 bits per heavy atom. The van der Waals surface area contributed by atoms with Crippen LogP contribution >= 0.6 is 0 Å². The van der Waals surface area contributed by atoms with Crippen molar-refractivity contribution in [3.05, 3.63) is 24.7 Å². The van der Waals surface area contributed by atoms with E-state index in [9.17, 15) is 4.39 Å². The third-order valence-corrected chi connectivity index (χ3v) is 1.40. The van der Waals surface area contributed by atoms with Crippen LogP contribution in [0.4, 0.5) is 10.3 Å². The van der Waals surface area contributed by atoms with E-state index in [4.69, 9.17) is 10.6 Å². The zero-order valence-corrected chi connectivity index (χ0v) is 7.53. The Hall–Kier alpha value is -1.69. The van der Waals surface area contributed by atoms with E-state index in [1.807, 2.05) is 0 Å². The number of hydrogen-bond donors (Lipinski definition) is 2. The second kappa shape index (κ2) is 5.13. The molecule has 1 rings (SSSR count). The molecular formula is C8H11FN4O. The average molecular weight is 198 g/mol. The van der Waals surface area contributed by atoms with Gasteiger partial charge in [0, 0.05) is 0 Å². The van der Waals surface area contributed by atoms with Gasteiger partial charge in [0.2, 0.25) is 11.8 Å². The molecule has 0 aliphatic heterocycles. The van der Waals surface area contributed by atoms with Crippen molar-refractivity contribution in [2.45, 2.75) is 6.42 Å². The van der Waals surface area contributed by atoms with E-state index in [1.165, 1.54) is 0 Å². The van der Waals surface area contributed by atoms with Crippen LogP contribution in [0.25, 0.3) is 0 Å². The average Bonchev–Trinajstić information content (AvgIpc) is 2.21. The van der Waals surface area contributed by atoms with E-state index < -0.39 is 5.82 Å². The minimum Gasteiger partial charge on any atom is -0.475 e. The molecule has 0 aromatic carbocycles. The molecule has 5 nitrogen and oxygen atoms in total. The summed E-state index contributed by atoms with van der Waals surface area (Å²) < 4.78 is 18.0. The molecule has 0 aliphatic rings. The SMILES string of the molecule is C=CCCOc1nc(NN)ncc1F. The highest BCUT2D eigenvalue weighted by Crippen LogP contribution is 2.13. The molecule has 3 N–H and O–H groups in total. The number of nitrogen functional groups attached to an aromatic ring is 1. The third-order valence-electron chi connectivity index (χ3n) is 1.40. The normalized spacial score (nSPS) is 9.57. The van der Waals surface area contributed by atoms with Crippen molar-refractivity contribution in [1.29, 1.82) is 0 Å². The molecule has 0 saturated carbocycles. The monoisotopic (exact) mass is 198 g/mol. The zero-order valence-electron chi connectivity index (χ0n) is 7.53. The van der Waals surface area contributed by atoms with E-state index in [1.54, 1.807) is 6.08 Å². The summed E-state index contributed by atoms with van der Waals surface area (Å²) in [6, 6.07) is 0. The van der Waals surface area contributed by atoms with Gasteiger partial charge in [-0.05, 0) is 6.42 Å². The molecular weight excluding hydrogens is 187 g/mol. The zero-order chi connectivity index (χ0) is 10.4. The molecule has 6 heteroatoms. The van der Waals surface area contributed by atoms with E-state index in [0.717, 1.165) is 6.20 Å². The Labute approximate surface area is 80.8 Å². The van der Waals surface area contributed by atoms with Crippen LogP contribution in [0.5, 0.6) is 5.88 Å². The van der Waals surface area contributed by atoms with Gasteiger partial charge in [-0.2, -0.15) is 9.37 Å². The van der Waals surface area contributed by atoms with Crippen LogP contribution in [0, 0.1) is 5.82 Å². The summed E-state index contributed by atoms with van der Waals surface area (Å²) in [7, 11) is 0. The molecule has 0 amide bonds. The number of anilines is 1. The van der Waals surface area contributed by atoms with Gasteiger partial charge in [-0.1, -0.05) is 6.08 Å². The van der Waals surface area contributed by atoms with Crippen LogP contribution in [0.15, 0.2) is 18.9 Å². The first-order valence-electron chi connectivity index (χ1n) is 4.00. The largest absolute Gasteiger partial charge is 0.475 e. The highest BCUT2D eigenvalue weighted by Gasteiger charge is 2.06.